The highest BCUT2D eigenvalue weighted by atomic mass is 35.5. The lowest BCUT2D eigenvalue weighted by Crippen LogP contribution is -2.49. The summed E-state index contributed by atoms with van der Waals surface area (Å²) in [7, 11) is 0. The Kier molecular flexibility index (Phi) is 7.27. The maximum absolute atomic E-state index is 6.30. The molecule has 4 heteroatoms. The second kappa shape index (κ2) is 7.98. The Bertz CT molecular complexity index is 264. The fourth-order valence-electron chi connectivity index (χ4n) is 3.42. The first-order valence-electron chi connectivity index (χ1n) is 8.09. The molecule has 2 aliphatic rings. The van der Waals surface area contributed by atoms with Crippen molar-refractivity contribution in [2.24, 2.45) is 11.7 Å². The summed E-state index contributed by atoms with van der Waals surface area (Å²) < 4.78 is 6.30. The van der Waals surface area contributed by atoms with Gasteiger partial charge < -0.3 is 15.4 Å². The van der Waals surface area contributed by atoms with Crippen molar-refractivity contribution in [3.8, 4) is 0 Å². The molecule has 0 aromatic carbocycles. The SMILES string of the molecule is CC1CCC(OC2CCN(CC(C)(C)N)CC2)CC1.Cl. The zero-order chi connectivity index (χ0) is 13.9. The van der Waals surface area contributed by atoms with Crippen LogP contribution in [0.2, 0.25) is 0 Å². The summed E-state index contributed by atoms with van der Waals surface area (Å²) in [5.74, 6) is 0.911. The van der Waals surface area contributed by atoms with Crippen LogP contribution in [0.3, 0.4) is 0 Å². The standard InChI is InChI=1S/C16H32N2O.ClH/c1-13-4-6-14(7-5-13)19-15-8-10-18(11-9-15)12-16(2,3)17;/h13-15H,4-12,17H2,1-3H3;1H. The average Bonchev–Trinajstić information content (AvgIpc) is 2.33. The van der Waals surface area contributed by atoms with Gasteiger partial charge in [-0.25, -0.2) is 0 Å². The predicted octanol–water partition coefficient (Wildman–Crippen LogP) is 3.21. The van der Waals surface area contributed by atoms with Gasteiger partial charge in [-0.3, -0.25) is 0 Å². The van der Waals surface area contributed by atoms with Gasteiger partial charge in [-0.2, -0.15) is 0 Å². The molecular formula is C16H33ClN2O. The summed E-state index contributed by atoms with van der Waals surface area (Å²) in [6, 6.07) is 0. The van der Waals surface area contributed by atoms with Gasteiger partial charge in [0.15, 0.2) is 0 Å². The highest BCUT2D eigenvalue weighted by molar-refractivity contribution is 5.85. The molecule has 0 amide bonds. The number of hydrogen-bond donors (Lipinski definition) is 1. The van der Waals surface area contributed by atoms with Gasteiger partial charge in [0, 0.05) is 25.2 Å². The summed E-state index contributed by atoms with van der Waals surface area (Å²) in [6.07, 6.45) is 8.66. The van der Waals surface area contributed by atoms with Crippen LogP contribution in [-0.2, 0) is 4.74 Å². The monoisotopic (exact) mass is 304 g/mol. The summed E-state index contributed by atoms with van der Waals surface area (Å²) in [6.45, 7) is 9.88. The minimum Gasteiger partial charge on any atom is -0.375 e. The lowest BCUT2D eigenvalue weighted by Gasteiger charge is -2.37. The Morgan fingerprint density at radius 3 is 2.00 bits per heavy atom. The average molecular weight is 305 g/mol. The number of halogens is 1. The highest BCUT2D eigenvalue weighted by Crippen LogP contribution is 2.28. The molecule has 0 aromatic heterocycles. The number of likely N-dealkylation sites (tertiary alicyclic amines) is 1. The number of piperidine rings is 1. The number of ether oxygens (including phenoxy) is 1. The predicted molar refractivity (Wildman–Crippen MR) is 87.5 cm³/mol. The fourth-order valence-corrected chi connectivity index (χ4v) is 3.42. The summed E-state index contributed by atoms with van der Waals surface area (Å²) in [5.41, 5.74) is 6.01. The third-order valence-corrected chi connectivity index (χ3v) is 4.51. The molecule has 0 radical (unpaired) electrons. The van der Waals surface area contributed by atoms with Crippen LogP contribution in [0, 0.1) is 5.92 Å². The van der Waals surface area contributed by atoms with Crippen LogP contribution in [0.25, 0.3) is 0 Å². The van der Waals surface area contributed by atoms with E-state index in [2.05, 4.69) is 25.7 Å². The lowest BCUT2D eigenvalue weighted by molar-refractivity contribution is -0.0612. The molecule has 0 atom stereocenters. The molecule has 1 heterocycles. The first kappa shape index (κ1) is 18.2. The van der Waals surface area contributed by atoms with Gasteiger partial charge in [-0.15, -0.1) is 12.4 Å². The van der Waals surface area contributed by atoms with Crippen molar-refractivity contribution in [1.29, 1.82) is 0 Å². The molecule has 2 fully saturated rings. The van der Waals surface area contributed by atoms with E-state index >= 15 is 0 Å². The Morgan fingerprint density at radius 2 is 1.50 bits per heavy atom. The molecule has 0 bridgehead atoms. The van der Waals surface area contributed by atoms with Crippen LogP contribution in [0.4, 0.5) is 0 Å². The largest absolute Gasteiger partial charge is 0.375 e. The summed E-state index contributed by atoms with van der Waals surface area (Å²) in [4.78, 5) is 2.49. The molecule has 0 aromatic rings. The van der Waals surface area contributed by atoms with Crippen LogP contribution >= 0.6 is 12.4 Å². The molecular weight excluding hydrogens is 272 g/mol. The molecule has 1 aliphatic heterocycles. The first-order chi connectivity index (χ1) is 8.92. The Morgan fingerprint density at radius 1 is 1.00 bits per heavy atom. The summed E-state index contributed by atoms with van der Waals surface area (Å²) in [5, 5.41) is 0. The maximum Gasteiger partial charge on any atom is 0.0603 e. The second-order valence-corrected chi connectivity index (χ2v) is 7.48. The topological polar surface area (TPSA) is 38.5 Å². The van der Waals surface area contributed by atoms with Crippen molar-refractivity contribution in [1.82, 2.24) is 4.90 Å². The lowest BCUT2D eigenvalue weighted by atomic mass is 9.88. The molecule has 2 N–H and O–H groups in total. The van der Waals surface area contributed by atoms with Gasteiger partial charge in [-0.1, -0.05) is 6.92 Å². The molecule has 1 aliphatic carbocycles. The van der Waals surface area contributed by atoms with Crippen molar-refractivity contribution in [2.75, 3.05) is 19.6 Å². The van der Waals surface area contributed by atoms with Gasteiger partial charge in [-0.05, 0) is 58.3 Å². The van der Waals surface area contributed by atoms with Crippen molar-refractivity contribution in [3.63, 3.8) is 0 Å². The maximum atomic E-state index is 6.30. The minimum absolute atomic E-state index is 0. The second-order valence-electron chi connectivity index (χ2n) is 7.48. The molecule has 3 nitrogen and oxygen atoms in total. The Labute approximate surface area is 131 Å². The quantitative estimate of drug-likeness (QED) is 0.867. The van der Waals surface area contributed by atoms with Gasteiger partial charge in [0.25, 0.3) is 0 Å². The molecule has 1 saturated heterocycles. The van der Waals surface area contributed by atoms with Crippen LogP contribution in [0.15, 0.2) is 0 Å². The Balaban J connectivity index is 0.00000200. The van der Waals surface area contributed by atoms with Gasteiger partial charge in [0.05, 0.1) is 12.2 Å². The van der Waals surface area contributed by atoms with E-state index in [1.54, 1.807) is 0 Å². The third kappa shape index (κ3) is 6.30. The van der Waals surface area contributed by atoms with Gasteiger partial charge >= 0.3 is 0 Å². The number of nitrogens with zero attached hydrogens (tertiary/aromatic N) is 1. The van der Waals surface area contributed by atoms with Crippen LogP contribution < -0.4 is 5.73 Å². The van der Waals surface area contributed by atoms with Gasteiger partial charge in [0.1, 0.15) is 0 Å². The van der Waals surface area contributed by atoms with Crippen molar-refractivity contribution < 1.29 is 4.74 Å². The van der Waals surface area contributed by atoms with Crippen LogP contribution in [0.5, 0.6) is 0 Å². The number of nitrogens with two attached hydrogens (primary N) is 1. The van der Waals surface area contributed by atoms with Crippen molar-refractivity contribution in [2.45, 2.75) is 77.0 Å². The van der Waals surface area contributed by atoms with E-state index in [1.165, 1.54) is 38.5 Å². The minimum atomic E-state index is -0.0762. The van der Waals surface area contributed by atoms with E-state index in [0.717, 1.165) is 25.6 Å². The molecule has 1 saturated carbocycles. The first-order valence-corrected chi connectivity index (χ1v) is 8.09. The normalized spacial score (nSPS) is 30.0. The van der Waals surface area contributed by atoms with Crippen molar-refractivity contribution >= 4 is 12.4 Å². The molecule has 2 rings (SSSR count). The molecule has 0 unspecified atom stereocenters. The summed E-state index contributed by atoms with van der Waals surface area (Å²) >= 11 is 0. The van der Waals surface area contributed by atoms with E-state index in [4.69, 9.17) is 10.5 Å². The van der Waals surface area contributed by atoms with Crippen LogP contribution in [-0.4, -0.2) is 42.3 Å². The highest BCUT2D eigenvalue weighted by Gasteiger charge is 2.27. The van der Waals surface area contributed by atoms with Crippen molar-refractivity contribution in [3.05, 3.63) is 0 Å². The third-order valence-electron chi connectivity index (χ3n) is 4.51. The molecule has 20 heavy (non-hydrogen) atoms. The smallest absolute Gasteiger partial charge is 0.0603 e. The zero-order valence-corrected chi connectivity index (χ0v) is 14.3. The fraction of sp³-hybridized carbons (Fsp3) is 1.00. The van der Waals surface area contributed by atoms with E-state index in [-0.39, 0.29) is 17.9 Å². The van der Waals surface area contributed by atoms with Crippen LogP contribution in [0.1, 0.15) is 59.3 Å². The molecule has 0 spiro atoms. The van der Waals surface area contributed by atoms with E-state index in [9.17, 15) is 0 Å². The van der Waals surface area contributed by atoms with E-state index in [1.807, 2.05) is 0 Å². The Hall–Kier alpha value is 0.170. The van der Waals surface area contributed by atoms with E-state index in [0.29, 0.717) is 12.2 Å². The number of rotatable bonds is 4. The number of hydrogen-bond acceptors (Lipinski definition) is 3. The zero-order valence-electron chi connectivity index (χ0n) is 13.4. The molecule has 120 valence electrons. The van der Waals surface area contributed by atoms with E-state index < -0.39 is 0 Å². The van der Waals surface area contributed by atoms with Gasteiger partial charge in [0.2, 0.25) is 0 Å².